The van der Waals surface area contributed by atoms with Gasteiger partial charge >= 0.3 is 0 Å². The zero-order valence-corrected chi connectivity index (χ0v) is 15.2. The fourth-order valence-corrected chi connectivity index (χ4v) is 3.26. The summed E-state index contributed by atoms with van der Waals surface area (Å²) in [6.07, 6.45) is 1.92. The number of para-hydroxylation sites is 1. The minimum absolute atomic E-state index is 0.0316. The van der Waals surface area contributed by atoms with Crippen molar-refractivity contribution in [2.24, 2.45) is 0 Å². The van der Waals surface area contributed by atoms with Crippen molar-refractivity contribution in [3.63, 3.8) is 0 Å². The van der Waals surface area contributed by atoms with Crippen molar-refractivity contribution in [3.05, 3.63) is 47.8 Å². The summed E-state index contributed by atoms with van der Waals surface area (Å²) >= 11 is 0. The molecule has 4 rings (SSSR count). The van der Waals surface area contributed by atoms with Gasteiger partial charge in [0.15, 0.2) is 0 Å². The first-order valence-electron chi connectivity index (χ1n) is 9.18. The summed E-state index contributed by atoms with van der Waals surface area (Å²) in [5.41, 5.74) is 2.40. The van der Waals surface area contributed by atoms with E-state index in [1.165, 1.54) is 0 Å². The van der Waals surface area contributed by atoms with Crippen LogP contribution in [0.1, 0.15) is 29.5 Å². The van der Waals surface area contributed by atoms with Crippen molar-refractivity contribution in [1.82, 2.24) is 35.3 Å². The molecule has 9 heteroatoms. The molecule has 0 spiro atoms. The Hall–Kier alpha value is -3.23. The molecule has 3 aromatic rings. The zero-order chi connectivity index (χ0) is 18.6. The number of aromatic nitrogens is 6. The molecule has 1 saturated heterocycles. The van der Waals surface area contributed by atoms with Crippen molar-refractivity contribution < 1.29 is 4.79 Å². The van der Waals surface area contributed by atoms with Crippen LogP contribution in [-0.4, -0.2) is 67.4 Å². The summed E-state index contributed by atoms with van der Waals surface area (Å²) in [6.45, 7) is 4.66. The summed E-state index contributed by atoms with van der Waals surface area (Å²) < 4.78 is 1.72. The molecule has 0 radical (unpaired) electrons. The second-order valence-corrected chi connectivity index (χ2v) is 6.53. The van der Waals surface area contributed by atoms with E-state index in [4.69, 9.17) is 0 Å². The Morgan fingerprint density at radius 2 is 1.93 bits per heavy atom. The largest absolute Gasteiger partial charge is 0.336 e. The van der Waals surface area contributed by atoms with Gasteiger partial charge in [-0.05, 0) is 35.0 Å². The lowest BCUT2D eigenvalue weighted by atomic mass is 10.2. The number of hydrogen-bond acceptors (Lipinski definition) is 6. The molecule has 1 amide bonds. The summed E-state index contributed by atoms with van der Waals surface area (Å²) in [5.74, 6) is 0.661. The Kier molecular flexibility index (Phi) is 4.82. The Morgan fingerprint density at radius 1 is 1.15 bits per heavy atom. The highest BCUT2D eigenvalue weighted by Crippen LogP contribution is 2.18. The van der Waals surface area contributed by atoms with Gasteiger partial charge in [0, 0.05) is 31.9 Å². The molecule has 27 heavy (non-hydrogen) atoms. The number of carbonyl (C=O) groups is 1. The number of amides is 1. The molecule has 0 unspecified atom stereocenters. The Labute approximate surface area is 157 Å². The number of benzene rings is 1. The third-order valence-electron chi connectivity index (χ3n) is 4.67. The second-order valence-electron chi connectivity index (χ2n) is 6.53. The van der Waals surface area contributed by atoms with E-state index in [0.29, 0.717) is 37.8 Å². The first-order valence-corrected chi connectivity index (χ1v) is 9.18. The van der Waals surface area contributed by atoms with E-state index in [1.807, 2.05) is 41.3 Å². The first-order chi connectivity index (χ1) is 13.3. The number of H-pyrrole nitrogens is 1. The van der Waals surface area contributed by atoms with E-state index < -0.39 is 0 Å². The van der Waals surface area contributed by atoms with E-state index in [0.717, 1.165) is 24.2 Å². The lowest BCUT2D eigenvalue weighted by molar-refractivity contribution is 0.0740. The number of aromatic amines is 1. The molecule has 0 bridgehead atoms. The molecule has 3 heterocycles. The molecule has 9 nitrogen and oxygen atoms in total. The van der Waals surface area contributed by atoms with Gasteiger partial charge in [0.2, 0.25) is 5.95 Å². The van der Waals surface area contributed by atoms with Gasteiger partial charge < -0.3 is 9.80 Å². The zero-order valence-electron chi connectivity index (χ0n) is 15.2. The fraction of sp³-hybridized carbons (Fsp3) is 0.389. The van der Waals surface area contributed by atoms with Crippen LogP contribution < -0.4 is 4.90 Å². The predicted octanol–water partition coefficient (Wildman–Crippen LogP) is 1.30. The van der Waals surface area contributed by atoms with E-state index in [2.05, 4.69) is 37.5 Å². The standard InChI is InChI=1S/C18H22N8O/c1-2-6-14-13-16(20-19-14)17(27)24-9-11-25(12-10-24)18-21-22-23-26(18)15-7-4-3-5-8-15/h3-5,7-8,13H,2,6,9-12H2,1H3,(H,19,20). The van der Waals surface area contributed by atoms with Crippen molar-refractivity contribution in [2.45, 2.75) is 19.8 Å². The minimum atomic E-state index is -0.0316. The van der Waals surface area contributed by atoms with E-state index in [1.54, 1.807) is 4.68 Å². The molecule has 2 aromatic heterocycles. The van der Waals surface area contributed by atoms with Crippen LogP contribution in [0.15, 0.2) is 36.4 Å². The predicted molar refractivity (Wildman–Crippen MR) is 99.9 cm³/mol. The maximum absolute atomic E-state index is 12.7. The molecule has 0 atom stereocenters. The van der Waals surface area contributed by atoms with E-state index in [-0.39, 0.29) is 5.91 Å². The highest BCUT2D eigenvalue weighted by atomic mass is 16.2. The number of nitrogens with zero attached hydrogens (tertiary/aromatic N) is 7. The molecule has 0 saturated carbocycles. The summed E-state index contributed by atoms with van der Waals surface area (Å²) in [4.78, 5) is 16.6. The molecule has 0 aliphatic carbocycles. The van der Waals surface area contributed by atoms with Gasteiger partial charge in [-0.25, -0.2) is 0 Å². The van der Waals surface area contributed by atoms with Crippen LogP contribution in [0, 0.1) is 0 Å². The summed E-state index contributed by atoms with van der Waals surface area (Å²) in [7, 11) is 0. The van der Waals surface area contributed by atoms with Crippen LogP contribution in [0.5, 0.6) is 0 Å². The SMILES string of the molecule is CCCc1cc(C(=O)N2CCN(c3nnnn3-c3ccccc3)CC2)n[nH]1. The van der Waals surface area contributed by atoms with Gasteiger partial charge in [0.1, 0.15) is 5.69 Å². The van der Waals surface area contributed by atoms with Crippen LogP contribution in [0.4, 0.5) is 5.95 Å². The fourth-order valence-electron chi connectivity index (χ4n) is 3.26. The van der Waals surface area contributed by atoms with Crippen molar-refractivity contribution in [1.29, 1.82) is 0 Å². The van der Waals surface area contributed by atoms with Gasteiger partial charge in [-0.2, -0.15) is 9.78 Å². The third-order valence-corrected chi connectivity index (χ3v) is 4.67. The lowest BCUT2D eigenvalue weighted by Gasteiger charge is -2.34. The maximum atomic E-state index is 12.7. The molecule has 1 aliphatic rings. The molecule has 1 aromatic carbocycles. The Bertz CT molecular complexity index is 895. The minimum Gasteiger partial charge on any atom is -0.336 e. The smallest absolute Gasteiger partial charge is 0.274 e. The number of hydrogen-bond donors (Lipinski definition) is 1. The van der Waals surface area contributed by atoms with Gasteiger partial charge in [0.25, 0.3) is 5.91 Å². The highest BCUT2D eigenvalue weighted by molar-refractivity contribution is 5.92. The summed E-state index contributed by atoms with van der Waals surface area (Å²) in [6, 6.07) is 11.6. The number of nitrogens with one attached hydrogen (secondary N) is 1. The number of carbonyl (C=O) groups excluding carboxylic acids is 1. The van der Waals surface area contributed by atoms with Gasteiger partial charge in [-0.15, -0.1) is 0 Å². The van der Waals surface area contributed by atoms with Crippen molar-refractivity contribution in [2.75, 3.05) is 31.1 Å². The average Bonchev–Trinajstić information content (AvgIpc) is 3.38. The van der Waals surface area contributed by atoms with Gasteiger partial charge in [0.05, 0.1) is 5.69 Å². The van der Waals surface area contributed by atoms with Crippen molar-refractivity contribution in [3.8, 4) is 5.69 Å². The Morgan fingerprint density at radius 3 is 2.67 bits per heavy atom. The van der Waals surface area contributed by atoms with Crippen LogP contribution in [0.2, 0.25) is 0 Å². The quantitative estimate of drug-likeness (QED) is 0.731. The maximum Gasteiger partial charge on any atom is 0.274 e. The average molecular weight is 366 g/mol. The lowest BCUT2D eigenvalue weighted by Crippen LogP contribution is -2.49. The normalized spacial score (nSPS) is 14.6. The van der Waals surface area contributed by atoms with Gasteiger partial charge in [-0.1, -0.05) is 36.6 Å². The number of piperazine rings is 1. The topological polar surface area (TPSA) is 95.8 Å². The Balaban J connectivity index is 1.42. The van der Waals surface area contributed by atoms with E-state index in [9.17, 15) is 4.79 Å². The highest BCUT2D eigenvalue weighted by Gasteiger charge is 2.26. The number of tetrazole rings is 1. The number of anilines is 1. The number of rotatable bonds is 5. The van der Waals surface area contributed by atoms with Crippen LogP contribution in [-0.2, 0) is 6.42 Å². The summed E-state index contributed by atoms with van der Waals surface area (Å²) in [5, 5.41) is 19.2. The second kappa shape index (κ2) is 7.56. The van der Waals surface area contributed by atoms with Crippen LogP contribution >= 0.6 is 0 Å². The molecule has 1 aliphatic heterocycles. The molecular weight excluding hydrogens is 344 g/mol. The molecule has 140 valence electrons. The van der Waals surface area contributed by atoms with Gasteiger partial charge in [-0.3, -0.25) is 9.89 Å². The number of aryl methyl sites for hydroxylation is 1. The third kappa shape index (κ3) is 3.53. The molecular formula is C18H22N8O. The molecule has 1 fully saturated rings. The molecule has 1 N–H and O–H groups in total. The first kappa shape index (κ1) is 17.2. The van der Waals surface area contributed by atoms with Crippen LogP contribution in [0.25, 0.3) is 5.69 Å². The van der Waals surface area contributed by atoms with Crippen LogP contribution in [0.3, 0.4) is 0 Å². The van der Waals surface area contributed by atoms with Crippen molar-refractivity contribution >= 4 is 11.9 Å². The van der Waals surface area contributed by atoms with E-state index >= 15 is 0 Å². The monoisotopic (exact) mass is 366 g/mol.